The summed E-state index contributed by atoms with van der Waals surface area (Å²) in [6.45, 7) is 4.16. The number of rotatable bonds is 10. The molecule has 0 atom stereocenters. The summed E-state index contributed by atoms with van der Waals surface area (Å²) in [6.07, 6.45) is 0. The molecule has 0 radical (unpaired) electrons. The number of hydrogen-bond acceptors (Lipinski definition) is 7. The molecule has 10 heteroatoms. The van der Waals surface area contributed by atoms with Gasteiger partial charge >= 0.3 is 0 Å². The minimum Gasteiger partial charge on any atom is -0.497 e. The Morgan fingerprint density at radius 2 is 1.55 bits per heavy atom. The molecule has 1 heterocycles. The fourth-order valence-corrected chi connectivity index (χ4v) is 4.48. The van der Waals surface area contributed by atoms with Crippen molar-refractivity contribution in [2.75, 3.05) is 25.3 Å². The van der Waals surface area contributed by atoms with Gasteiger partial charge in [-0.3, -0.25) is 14.2 Å². The number of benzene rings is 3. The van der Waals surface area contributed by atoms with E-state index in [-0.39, 0.29) is 24.1 Å². The summed E-state index contributed by atoms with van der Waals surface area (Å²) < 4.78 is 12.2. The van der Waals surface area contributed by atoms with Crippen LogP contribution >= 0.6 is 11.8 Å². The molecule has 4 rings (SSSR count). The van der Waals surface area contributed by atoms with Crippen molar-refractivity contribution in [2.24, 2.45) is 0 Å². The largest absolute Gasteiger partial charge is 0.497 e. The zero-order valence-corrected chi connectivity index (χ0v) is 22.5. The van der Waals surface area contributed by atoms with E-state index < -0.39 is 0 Å². The third kappa shape index (κ3) is 6.51. The molecule has 2 amide bonds. The molecule has 2 N–H and O–H groups in total. The molecule has 0 spiro atoms. The maximum absolute atomic E-state index is 12.7. The first-order valence-corrected chi connectivity index (χ1v) is 12.9. The molecule has 3 aromatic carbocycles. The zero-order chi connectivity index (χ0) is 27.1. The topological polar surface area (TPSA) is 107 Å². The van der Waals surface area contributed by atoms with Gasteiger partial charge in [0.2, 0.25) is 5.91 Å². The van der Waals surface area contributed by atoms with Crippen LogP contribution in [0.3, 0.4) is 0 Å². The molecule has 0 bridgehead atoms. The number of anilines is 1. The first kappa shape index (κ1) is 26.7. The third-order valence-corrected chi connectivity index (χ3v) is 6.70. The van der Waals surface area contributed by atoms with Crippen molar-refractivity contribution in [3.8, 4) is 17.2 Å². The van der Waals surface area contributed by atoms with Crippen molar-refractivity contribution >= 4 is 29.3 Å². The average molecular weight is 532 g/mol. The SMILES string of the molecule is COc1ccc(NC(=O)CSc2nnc(CNC(=O)c3ccc(OC)cc3)n2-c2cc(C)ccc2C)cc1. The number of amides is 2. The molecule has 0 saturated heterocycles. The lowest BCUT2D eigenvalue weighted by molar-refractivity contribution is -0.113. The van der Waals surface area contributed by atoms with Crippen molar-refractivity contribution in [2.45, 2.75) is 25.5 Å². The molecule has 196 valence electrons. The fourth-order valence-electron chi connectivity index (χ4n) is 3.72. The van der Waals surface area contributed by atoms with Gasteiger partial charge in [0.05, 0.1) is 32.2 Å². The summed E-state index contributed by atoms with van der Waals surface area (Å²) in [5, 5.41) is 15.0. The van der Waals surface area contributed by atoms with E-state index in [9.17, 15) is 9.59 Å². The molecule has 0 saturated carbocycles. The van der Waals surface area contributed by atoms with E-state index in [1.54, 1.807) is 62.8 Å². The van der Waals surface area contributed by atoms with Gasteiger partial charge in [0.25, 0.3) is 5.91 Å². The molecule has 1 aromatic heterocycles. The lowest BCUT2D eigenvalue weighted by atomic mass is 10.1. The van der Waals surface area contributed by atoms with Gasteiger partial charge < -0.3 is 20.1 Å². The van der Waals surface area contributed by atoms with Crippen LogP contribution in [0.1, 0.15) is 27.3 Å². The summed E-state index contributed by atoms with van der Waals surface area (Å²) in [5.74, 6) is 1.66. The Hall–Kier alpha value is -4.31. The lowest BCUT2D eigenvalue weighted by Crippen LogP contribution is -2.24. The molecule has 0 unspecified atom stereocenters. The Bertz CT molecular complexity index is 1420. The Morgan fingerprint density at radius 3 is 2.21 bits per heavy atom. The number of methoxy groups -OCH3 is 2. The number of thioether (sulfide) groups is 1. The third-order valence-electron chi connectivity index (χ3n) is 5.77. The number of nitrogens with one attached hydrogen (secondary N) is 2. The number of aryl methyl sites for hydroxylation is 2. The monoisotopic (exact) mass is 531 g/mol. The highest BCUT2D eigenvalue weighted by atomic mass is 32.2. The maximum atomic E-state index is 12.7. The van der Waals surface area contributed by atoms with Crippen molar-refractivity contribution in [1.82, 2.24) is 20.1 Å². The van der Waals surface area contributed by atoms with Crippen LogP contribution in [-0.4, -0.2) is 46.6 Å². The average Bonchev–Trinajstić information content (AvgIpc) is 3.34. The number of nitrogens with zero attached hydrogens (tertiary/aromatic N) is 3. The summed E-state index contributed by atoms with van der Waals surface area (Å²) in [5.41, 5.74) is 4.16. The van der Waals surface area contributed by atoms with Gasteiger partial charge in [0, 0.05) is 11.3 Å². The number of carbonyl (C=O) groups is 2. The van der Waals surface area contributed by atoms with Gasteiger partial charge in [-0.1, -0.05) is 23.9 Å². The van der Waals surface area contributed by atoms with Crippen LogP contribution in [0.4, 0.5) is 5.69 Å². The molecule has 38 heavy (non-hydrogen) atoms. The van der Waals surface area contributed by atoms with E-state index in [4.69, 9.17) is 9.47 Å². The second-order valence-corrected chi connectivity index (χ2v) is 9.44. The standard InChI is InChI=1S/C28H29N5O4S/c1-18-5-6-19(2)24(15-18)33-25(16-29-27(35)20-7-11-22(36-3)12-8-20)31-32-28(33)38-17-26(34)30-21-9-13-23(37-4)14-10-21/h5-15H,16-17H2,1-4H3,(H,29,35)(H,30,34). The van der Waals surface area contributed by atoms with Gasteiger partial charge in [0.15, 0.2) is 11.0 Å². The number of aromatic nitrogens is 3. The van der Waals surface area contributed by atoms with Gasteiger partial charge in [-0.15, -0.1) is 10.2 Å². The highest BCUT2D eigenvalue weighted by molar-refractivity contribution is 7.99. The van der Waals surface area contributed by atoms with Crippen LogP contribution in [0.5, 0.6) is 11.5 Å². The molecule has 0 aliphatic rings. The summed E-state index contributed by atoms with van der Waals surface area (Å²) >= 11 is 1.27. The molecular formula is C28H29N5O4S. The van der Waals surface area contributed by atoms with E-state index in [1.165, 1.54) is 11.8 Å². The van der Waals surface area contributed by atoms with Gasteiger partial charge in [-0.05, 0) is 79.6 Å². The predicted molar refractivity (Wildman–Crippen MR) is 147 cm³/mol. The minimum atomic E-state index is -0.240. The van der Waals surface area contributed by atoms with E-state index in [2.05, 4.69) is 20.8 Å². The van der Waals surface area contributed by atoms with Crippen molar-refractivity contribution in [1.29, 1.82) is 0 Å². The Labute approximate surface area is 225 Å². The maximum Gasteiger partial charge on any atom is 0.251 e. The quantitative estimate of drug-likeness (QED) is 0.289. The smallest absolute Gasteiger partial charge is 0.251 e. The molecule has 0 aliphatic heterocycles. The van der Waals surface area contributed by atoms with Gasteiger partial charge in [-0.2, -0.15) is 0 Å². The minimum absolute atomic E-state index is 0.132. The number of hydrogen-bond donors (Lipinski definition) is 2. The van der Waals surface area contributed by atoms with Crippen molar-refractivity contribution in [3.63, 3.8) is 0 Å². The normalized spacial score (nSPS) is 10.6. The Kier molecular flexibility index (Phi) is 8.65. The van der Waals surface area contributed by atoms with E-state index >= 15 is 0 Å². The molecule has 4 aromatic rings. The van der Waals surface area contributed by atoms with Crippen LogP contribution in [0.25, 0.3) is 5.69 Å². The first-order chi connectivity index (χ1) is 18.4. The summed E-state index contributed by atoms with van der Waals surface area (Å²) in [4.78, 5) is 25.4. The Balaban J connectivity index is 1.51. The molecule has 0 fully saturated rings. The molecule has 9 nitrogen and oxygen atoms in total. The van der Waals surface area contributed by atoms with Crippen LogP contribution < -0.4 is 20.1 Å². The highest BCUT2D eigenvalue weighted by Gasteiger charge is 2.18. The Morgan fingerprint density at radius 1 is 0.895 bits per heavy atom. The number of ether oxygens (including phenoxy) is 2. The second kappa shape index (κ2) is 12.3. The highest BCUT2D eigenvalue weighted by Crippen LogP contribution is 2.26. The van der Waals surface area contributed by atoms with Crippen LogP contribution in [0, 0.1) is 13.8 Å². The van der Waals surface area contributed by atoms with Gasteiger partial charge in [0.1, 0.15) is 11.5 Å². The second-order valence-electron chi connectivity index (χ2n) is 8.50. The first-order valence-electron chi connectivity index (χ1n) is 11.9. The van der Waals surface area contributed by atoms with E-state index in [1.807, 2.05) is 36.6 Å². The van der Waals surface area contributed by atoms with E-state index in [0.717, 1.165) is 16.8 Å². The van der Waals surface area contributed by atoms with Crippen LogP contribution in [-0.2, 0) is 11.3 Å². The fraction of sp³-hybridized carbons (Fsp3) is 0.214. The summed E-state index contributed by atoms with van der Waals surface area (Å²) in [7, 11) is 3.17. The lowest BCUT2D eigenvalue weighted by Gasteiger charge is -2.14. The number of carbonyl (C=O) groups excluding carboxylic acids is 2. The van der Waals surface area contributed by atoms with Crippen molar-refractivity contribution in [3.05, 3.63) is 89.2 Å². The van der Waals surface area contributed by atoms with E-state index in [0.29, 0.717) is 33.7 Å². The van der Waals surface area contributed by atoms with Crippen molar-refractivity contribution < 1.29 is 19.1 Å². The predicted octanol–water partition coefficient (Wildman–Crippen LogP) is 4.56. The van der Waals surface area contributed by atoms with Gasteiger partial charge in [-0.25, -0.2) is 0 Å². The molecular weight excluding hydrogens is 502 g/mol. The zero-order valence-electron chi connectivity index (χ0n) is 21.6. The van der Waals surface area contributed by atoms with Crippen LogP contribution in [0.2, 0.25) is 0 Å². The van der Waals surface area contributed by atoms with Crippen LogP contribution in [0.15, 0.2) is 71.9 Å². The summed E-state index contributed by atoms with van der Waals surface area (Å²) in [6, 6.07) is 20.1. The molecule has 0 aliphatic carbocycles.